The third-order valence-corrected chi connectivity index (χ3v) is 6.16. The lowest BCUT2D eigenvalue weighted by atomic mass is 10.1. The Morgan fingerprint density at radius 3 is 2.42 bits per heavy atom. The second kappa shape index (κ2) is 10.5. The third kappa shape index (κ3) is 4.88. The molecule has 0 N–H and O–H groups in total. The van der Waals surface area contributed by atoms with E-state index in [9.17, 15) is 9.18 Å². The molecule has 38 heavy (non-hydrogen) atoms. The highest BCUT2D eigenvalue weighted by atomic mass is 35.5. The van der Waals surface area contributed by atoms with Crippen LogP contribution in [0.3, 0.4) is 0 Å². The molecule has 0 saturated heterocycles. The van der Waals surface area contributed by atoms with E-state index in [0.717, 1.165) is 0 Å². The molecule has 0 fully saturated rings. The van der Waals surface area contributed by atoms with Crippen molar-refractivity contribution in [1.29, 1.82) is 0 Å². The highest BCUT2D eigenvalue weighted by Crippen LogP contribution is 2.37. The Hall–Kier alpha value is -4.50. The number of hydrogen-bond acceptors (Lipinski definition) is 6. The van der Waals surface area contributed by atoms with Crippen LogP contribution >= 0.6 is 11.6 Å². The van der Waals surface area contributed by atoms with Gasteiger partial charge in [-0.1, -0.05) is 23.7 Å². The number of methoxy groups -OCH3 is 2. The van der Waals surface area contributed by atoms with Crippen LogP contribution in [0.5, 0.6) is 23.0 Å². The summed E-state index contributed by atoms with van der Waals surface area (Å²) in [6, 6.07) is 13.4. The van der Waals surface area contributed by atoms with Crippen LogP contribution in [0.25, 0.3) is 22.0 Å². The summed E-state index contributed by atoms with van der Waals surface area (Å²) >= 11 is 5.81. The minimum absolute atomic E-state index is 0.0523. The molecule has 5 rings (SSSR count). The van der Waals surface area contributed by atoms with Crippen molar-refractivity contribution in [1.82, 2.24) is 14.5 Å². The fraction of sp³-hybridized carbons (Fsp3) is 0.107. The van der Waals surface area contributed by atoms with E-state index in [1.165, 1.54) is 67.8 Å². The summed E-state index contributed by atoms with van der Waals surface area (Å²) in [7, 11) is 3.03. The molecular formula is C28H20ClF2N3O4. The first kappa shape index (κ1) is 25.2. The number of benzene rings is 3. The van der Waals surface area contributed by atoms with Crippen molar-refractivity contribution < 1.29 is 23.0 Å². The van der Waals surface area contributed by atoms with E-state index in [2.05, 4.69) is 9.97 Å². The van der Waals surface area contributed by atoms with Crippen LogP contribution in [0.15, 0.2) is 78.1 Å². The molecule has 0 unspecified atom stereocenters. The number of hydrogen-bond donors (Lipinski definition) is 0. The van der Waals surface area contributed by atoms with E-state index in [-0.39, 0.29) is 28.4 Å². The summed E-state index contributed by atoms with van der Waals surface area (Å²) in [5.74, 6) is 0.0504. The Morgan fingerprint density at radius 2 is 1.68 bits per heavy atom. The maximum atomic E-state index is 15.2. The molecule has 2 heterocycles. The number of nitrogens with zero attached hydrogens (tertiary/aromatic N) is 3. The fourth-order valence-corrected chi connectivity index (χ4v) is 4.16. The Morgan fingerprint density at radius 1 is 0.895 bits per heavy atom. The number of ether oxygens (including phenoxy) is 3. The Bertz CT molecular complexity index is 1730. The predicted octanol–water partition coefficient (Wildman–Crippen LogP) is 6.25. The summed E-state index contributed by atoms with van der Waals surface area (Å²) in [6.45, 7) is -0.0598. The number of fused-ring (bicyclic) bond motifs is 1. The van der Waals surface area contributed by atoms with Crippen molar-refractivity contribution in [3.05, 3.63) is 106 Å². The van der Waals surface area contributed by atoms with Crippen molar-refractivity contribution in [2.45, 2.75) is 6.54 Å². The molecule has 10 heteroatoms. The quantitative estimate of drug-likeness (QED) is 0.245. The minimum atomic E-state index is -0.688. The minimum Gasteiger partial charge on any atom is -0.493 e. The normalized spacial score (nSPS) is 11.0. The molecule has 3 aromatic carbocycles. The van der Waals surface area contributed by atoms with E-state index in [0.29, 0.717) is 33.7 Å². The van der Waals surface area contributed by atoms with Crippen LogP contribution in [-0.2, 0) is 6.54 Å². The molecular weight excluding hydrogens is 516 g/mol. The monoisotopic (exact) mass is 535 g/mol. The van der Waals surface area contributed by atoms with Gasteiger partial charge >= 0.3 is 0 Å². The van der Waals surface area contributed by atoms with Gasteiger partial charge in [0.15, 0.2) is 23.1 Å². The maximum absolute atomic E-state index is 15.2. The number of halogens is 3. The molecule has 0 aliphatic rings. The first-order valence-electron chi connectivity index (χ1n) is 11.3. The van der Waals surface area contributed by atoms with Crippen LogP contribution in [-0.4, -0.2) is 28.8 Å². The van der Waals surface area contributed by atoms with Crippen molar-refractivity contribution in [2.75, 3.05) is 14.2 Å². The van der Waals surface area contributed by atoms with E-state index in [1.54, 1.807) is 24.3 Å². The molecule has 7 nitrogen and oxygen atoms in total. The molecule has 2 aromatic heterocycles. The second-order valence-electron chi connectivity index (χ2n) is 8.26. The molecule has 0 spiro atoms. The van der Waals surface area contributed by atoms with Crippen LogP contribution in [0.4, 0.5) is 8.78 Å². The van der Waals surface area contributed by atoms with Crippen LogP contribution in [0, 0.1) is 11.6 Å². The molecule has 0 saturated carbocycles. The van der Waals surface area contributed by atoms with E-state index in [1.807, 2.05) is 0 Å². The average molecular weight is 536 g/mol. The van der Waals surface area contributed by atoms with Gasteiger partial charge in [-0.2, -0.15) is 0 Å². The zero-order valence-electron chi connectivity index (χ0n) is 20.2. The molecule has 0 amide bonds. The van der Waals surface area contributed by atoms with Gasteiger partial charge in [0.05, 0.1) is 38.2 Å². The van der Waals surface area contributed by atoms with Crippen molar-refractivity contribution in [3.63, 3.8) is 0 Å². The highest BCUT2D eigenvalue weighted by molar-refractivity contribution is 6.30. The third-order valence-electron chi connectivity index (χ3n) is 5.93. The van der Waals surface area contributed by atoms with E-state index >= 15 is 4.39 Å². The van der Waals surface area contributed by atoms with Crippen LogP contribution in [0.2, 0.25) is 5.02 Å². The largest absolute Gasteiger partial charge is 0.493 e. The summed E-state index contributed by atoms with van der Waals surface area (Å²) in [6.07, 6.45) is 4.17. The topological polar surface area (TPSA) is 75.5 Å². The average Bonchev–Trinajstić information content (AvgIpc) is 2.91. The molecule has 0 aliphatic carbocycles. The molecule has 0 bridgehead atoms. The van der Waals surface area contributed by atoms with Gasteiger partial charge in [-0.05, 0) is 42.0 Å². The summed E-state index contributed by atoms with van der Waals surface area (Å²) < 4.78 is 47.2. The first-order valence-corrected chi connectivity index (χ1v) is 11.7. The predicted molar refractivity (Wildman–Crippen MR) is 139 cm³/mol. The Kier molecular flexibility index (Phi) is 6.93. The maximum Gasteiger partial charge on any atom is 0.261 e. The van der Waals surface area contributed by atoms with E-state index < -0.39 is 17.2 Å². The molecule has 5 aromatic rings. The molecule has 0 radical (unpaired) electrons. The van der Waals surface area contributed by atoms with Gasteiger partial charge < -0.3 is 14.2 Å². The lowest BCUT2D eigenvalue weighted by molar-refractivity contribution is 0.355. The van der Waals surface area contributed by atoms with Gasteiger partial charge in [0.2, 0.25) is 0 Å². The SMILES string of the molecule is COc1cc2nccc(Oc3ccc(-c4cncn(Cc5ccc(Cl)cc5F)c4=O)cc3F)c2cc1OC. The van der Waals surface area contributed by atoms with Gasteiger partial charge in [-0.15, -0.1) is 0 Å². The summed E-state index contributed by atoms with van der Waals surface area (Å²) in [4.78, 5) is 21.5. The standard InChI is InChI=1S/C28H20ClF2N3O4/c1-36-26-11-19-23(12-27(26)37-2)33-8-7-24(19)38-25-6-4-16(9-22(25)31)20-13-32-15-34(28(20)35)14-17-3-5-18(29)10-21(17)30/h3-13,15H,14H2,1-2H3. The van der Waals surface area contributed by atoms with Gasteiger partial charge in [0.25, 0.3) is 5.56 Å². The number of rotatable bonds is 7. The summed E-state index contributed by atoms with van der Waals surface area (Å²) in [5.41, 5.74) is 0.834. The Labute approximate surface area is 220 Å². The summed E-state index contributed by atoms with van der Waals surface area (Å²) in [5, 5.41) is 0.847. The van der Waals surface area contributed by atoms with Crippen LogP contribution in [0.1, 0.15) is 5.56 Å². The zero-order chi connectivity index (χ0) is 26.8. The fourth-order valence-electron chi connectivity index (χ4n) is 4.00. The first-order chi connectivity index (χ1) is 18.4. The van der Waals surface area contributed by atoms with Crippen molar-refractivity contribution in [2.24, 2.45) is 0 Å². The van der Waals surface area contributed by atoms with Gasteiger partial charge in [0, 0.05) is 34.4 Å². The number of pyridine rings is 1. The Balaban J connectivity index is 1.46. The molecule has 0 aliphatic heterocycles. The van der Waals surface area contributed by atoms with Crippen molar-refractivity contribution in [3.8, 4) is 34.1 Å². The van der Waals surface area contributed by atoms with Gasteiger partial charge in [0.1, 0.15) is 11.6 Å². The molecule has 0 atom stereocenters. The van der Waals surface area contributed by atoms with Crippen molar-refractivity contribution >= 4 is 22.5 Å². The highest BCUT2D eigenvalue weighted by Gasteiger charge is 2.15. The van der Waals surface area contributed by atoms with Gasteiger partial charge in [-0.25, -0.2) is 13.8 Å². The lowest BCUT2D eigenvalue weighted by Gasteiger charge is -2.13. The lowest BCUT2D eigenvalue weighted by Crippen LogP contribution is -2.22. The van der Waals surface area contributed by atoms with E-state index in [4.69, 9.17) is 25.8 Å². The molecule has 192 valence electrons. The zero-order valence-corrected chi connectivity index (χ0v) is 21.0. The number of aromatic nitrogens is 3. The second-order valence-corrected chi connectivity index (χ2v) is 8.69. The smallest absolute Gasteiger partial charge is 0.261 e. The van der Waals surface area contributed by atoms with Gasteiger partial charge in [-0.3, -0.25) is 14.3 Å². The van der Waals surface area contributed by atoms with Crippen LogP contribution < -0.4 is 19.8 Å².